The molecule has 1 saturated heterocycles. The van der Waals surface area contributed by atoms with Crippen LogP contribution in [0.25, 0.3) is 0 Å². The van der Waals surface area contributed by atoms with Crippen molar-refractivity contribution in [2.45, 2.75) is 29.3 Å². The minimum atomic E-state index is -4.54. The Bertz CT molecular complexity index is 1680. The predicted molar refractivity (Wildman–Crippen MR) is 148 cm³/mol. The molecule has 0 bridgehead atoms. The van der Waals surface area contributed by atoms with E-state index in [1.165, 1.54) is 35.6 Å². The average Bonchev–Trinajstić information content (AvgIpc) is 3.47. The zero-order chi connectivity index (χ0) is 30.0. The number of nitrogens with zero attached hydrogens (tertiary/aromatic N) is 2. The van der Waals surface area contributed by atoms with Gasteiger partial charge in [-0.3, -0.25) is 24.6 Å². The first-order chi connectivity index (χ1) is 20.0. The summed E-state index contributed by atoms with van der Waals surface area (Å²) in [4.78, 5) is 50.8. The van der Waals surface area contributed by atoms with Gasteiger partial charge in [-0.15, -0.1) is 23.1 Å². The van der Waals surface area contributed by atoms with Gasteiger partial charge in [0.05, 0.1) is 17.1 Å². The Morgan fingerprint density at radius 2 is 1.83 bits per heavy atom. The molecule has 42 heavy (non-hydrogen) atoms. The molecule has 3 aromatic rings. The van der Waals surface area contributed by atoms with Crippen molar-refractivity contribution >= 4 is 56.7 Å². The number of nitro benzene ring substituents is 1. The number of non-ortho nitro benzene ring substituents is 1. The number of thioether (sulfide) groups is 1. The van der Waals surface area contributed by atoms with Crippen LogP contribution in [0.3, 0.4) is 0 Å². The number of fused-ring (bicyclic) bond motifs is 1. The van der Waals surface area contributed by atoms with Crippen molar-refractivity contribution in [3.8, 4) is 0 Å². The molecule has 0 aliphatic carbocycles. The molecule has 0 spiro atoms. The Kier molecular flexibility index (Phi) is 8.29. The number of rotatable bonds is 10. The third-order valence-electron chi connectivity index (χ3n) is 6.19. The molecule has 2 aliphatic rings. The summed E-state index contributed by atoms with van der Waals surface area (Å²) in [6.45, 7) is -0.348. The molecule has 1 aromatic heterocycles. The first-order valence-corrected chi connectivity index (χ1v) is 15.5. The van der Waals surface area contributed by atoms with Crippen LogP contribution in [-0.2, 0) is 46.4 Å². The summed E-state index contributed by atoms with van der Waals surface area (Å²) in [7, 11) is -4.54. The fourth-order valence-electron chi connectivity index (χ4n) is 4.15. The molecule has 218 valence electrons. The standard InChI is InChI=1S/C26H20FN3O9S3/c27-16-5-9-19(10-6-16)42(36,37)39-20-14-41-25-22(28-21(31)12-18-2-1-11-40-18)24(32)29(25)23(20)26(33)38-13-15-3-7-17(8-4-15)30(34)35/h1-11,22,25H,12-14H2,(H,28,31)/t22?,25-/m0/s1. The fraction of sp³-hybridized carbons (Fsp3) is 0.192. The number of β-lactam (4-membered cyclic amide) rings is 1. The molecular formula is C26H20FN3O9S3. The van der Waals surface area contributed by atoms with Crippen LogP contribution in [0.15, 0.2) is 82.4 Å². The molecule has 2 amide bonds. The third-order valence-corrected chi connectivity index (χ3v) is 9.59. The van der Waals surface area contributed by atoms with E-state index in [4.69, 9.17) is 8.92 Å². The number of amides is 2. The van der Waals surface area contributed by atoms with Crippen molar-refractivity contribution in [3.05, 3.63) is 104 Å². The number of thiophene rings is 1. The highest BCUT2D eigenvalue weighted by molar-refractivity contribution is 8.00. The van der Waals surface area contributed by atoms with E-state index in [-0.39, 0.29) is 35.1 Å². The van der Waals surface area contributed by atoms with Gasteiger partial charge in [-0.05, 0) is 53.4 Å². The lowest BCUT2D eigenvalue weighted by molar-refractivity contribution is -0.384. The highest BCUT2D eigenvalue weighted by atomic mass is 32.2. The number of halogens is 1. The predicted octanol–water partition coefficient (Wildman–Crippen LogP) is 3.10. The molecular weight excluding hydrogens is 613 g/mol. The fourth-order valence-corrected chi connectivity index (χ4v) is 7.15. The van der Waals surface area contributed by atoms with Crippen molar-refractivity contribution < 1.29 is 41.0 Å². The number of hydrogen-bond donors (Lipinski definition) is 1. The van der Waals surface area contributed by atoms with Gasteiger partial charge in [0.1, 0.15) is 28.7 Å². The van der Waals surface area contributed by atoms with E-state index in [0.717, 1.165) is 45.8 Å². The van der Waals surface area contributed by atoms with Gasteiger partial charge in [-0.25, -0.2) is 9.18 Å². The van der Waals surface area contributed by atoms with Crippen LogP contribution in [0.2, 0.25) is 0 Å². The summed E-state index contributed by atoms with van der Waals surface area (Å²) in [5.74, 6) is -3.38. The molecule has 2 aliphatic heterocycles. The maximum atomic E-state index is 13.3. The highest BCUT2D eigenvalue weighted by Crippen LogP contribution is 2.42. The summed E-state index contributed by atoms with van der Waals surface area (Å²) in [6.07, 6.45) is 0.0586. The average molecular weight is 634 g/mol. The van der Waals surface area contributed by atoms with Gasteiger partial charge >= 0.3 is 16.1 Å². The number of ether oxygens (including phenoxy) is 1. The van der Waals surface area contributed by atoms with Gasteiger partial charge in [-0.2, -0.15) is 8.42 Å². The SMILES string of the molecule is O=C(Cc1cccs1)NC1C(=O)N2C(C(=O)OCc3ccc([N+](=O)[O-])cc3)=C(OS(=O)(=O)c3ccc(F)cc3)CS[C@@H]12. The quantitative estimate of drug-likeness (QED) is 0.115. The molecule has 12 nitrogen and oxygen atoms in total. The summed E-state index contributed by atoms with van der Waals surface area (Å²) >= 11 is 2.46. The number of benzene rings is 2. The van der Waals surface area contributed by atoms with Crippen LogP contribution in [0.1, 0.15) is 10.4 Å². The number of nitrogens with one attached hydrogen (secondary N) is 1. The topological polar surface area (TPSA) is 162 Å². The normalized spacial score (nSPS) is 18.1. The van der Waals surface area contributed by atoms with Crippen molar-refractivity contribution in [2.24, 2.45) is 0 Å². The molecule has 0 saturated carbocycles. The Labute approximate surface area is 246 Å². The van der Waals surface area contributed by atoms with E-state index in [1.54, 1.807) is 12.1 Å². The van der Waals surface area contributed by atoms with Gasteiger partial charge in [-0.1, -0.05) is 6.07 Å². The largest absolute Gasteiger partial charge is 0.456 e. The van der Waals surface area contributed by atoms with Gasteiger partial charge in [0.2, 0.25) is 5.91 Å². The van der Waals surface area contributed by atoms with Crippen LogP contribution in [-0.4, -0.2) is 53.2 Å². The number of nitro groups is 1. The lowest BCUT2D eigenvalue weighted by Gasteiger charge is -2.49. The molecule has 1 unspecified atom stereocenters. The van der Waals surface area contributed by atoms with E-state index in [1.807, 2.05) is 5.38 Å². The second-order valence-electron chi connectivity index (χ2n) is 8.97. The molecule has 1 N–H and O–H groups in total. The Hall–Kier alpha value is -4.28. The summed E-state index contributed by atoms with van der Waals surface area (Å²) in [5, 5.41) is 14.6. The van der Waals surface area contributed by atoms with Gasteiger partial charge < -0.3 is 14.2 Å². The Balaban J connectivity index is 1.38. The van der Waals surface area contributed by atoms with E-state index >= 15 is 0 Å². The number of carbonyl (C=O) groups is 3. The van der Waals surface area contributed by atoms with Crippen molar-refractivity contribution in [2.75, 3.05) is 5.75 Å². The zero-order valence-corrected chi connectivity index (χ0v) is 23.7. The van der Waals surface area contributed by atoms with Crippen LogP contribution < -0.4 is 5.32 Å². The number of hydrogen-bond acceptors (Lipinski definition) is 11. The second kappa shape index (κ2) is 11.9. The zero-order valence-electron chi connectivity index (χ0n) is 21.3. The Morgan fingerprint density at radius 3 is 2.48 bits per heavy atom. The molecule has 16 heteroatoms. The van der Waals surface area contributed by atoms with Gasteiger partial charge in [0.15, 0.2) is 11.5 Å². The lowest BCUT2D eigenvalue weighted by Crippen LogP contribution is -2.70. The minimum Gasteiger partial charge on any atom is -0.456 e. The van der Waals surface area contributed by atoms with Gasteiger partial charge in [0, 0.05) is 17.0 Å². The smallest absolute Gasteiger partial charge is 0.359 e. The first kappa shape index (κ1) is 29.2. The number of esters is 1. The van der Waals surface area contributed by atoms with E-state index < -0.39 is 55.8 Å². The third kappa shape index (κ3) is 6.14. The second-order valence-corrected chi connectivity index (χ2v) is 12.7. The van der Waals surface area contributed by atoms with E-state index in [9.17, 15) is 37.3 Å². The van der Waals surface area contributed by atoms with Crippen LogP contribution in [0.4, 0.5) is 10.1 Å². The molecule has 5 rings (SSSR count). The van der Waals surface area contributed by atoms with Crippen molar-refractivity contribution in [3.63, 3.8) is 0 Å². The molecule has 3 heterocycles. The van der Waals surface area contributed by atoms with Crippen LogP contribution in [0.5, 0.6) is 0 Å². The van der Waals surface area contributed by atoms with Crippen molar-refractivity contribution in [1.82, 2.24) is 10.2 Å². The molecule has 2 aromatic carbocycles. The molecule has 1 fully saturated rings. The Morgan fingerprint density at radius 1 is 1.12 bits per heavy atom. The molecule has 2 atom stereocenters. The maximum absolute atomic E-state index is 13.3. The minimum absolute atomic E-state index is 0.0586. The maximum Gasteiger partial charge on any atom is 0.359 e. The van der Waals surface area contributed by atoms with E-state index in [0.29, 0.717) is 5.56 Å². The van der Waals surface area contributed by atoms with E-state index in [2.05, 4.69) is 5.32 Å². The van der Waals surface area contributed by atoms with Crippen LogP contribution >= 0.6 is 23.1 Å². The highest BCUT2D eigenvalue weighted by Gasteiger charge is 2.55. The van der Waals surface area contributed by atoms with Crippen LogP contribution in [0, 0.1) is 15.9 Å². The summed E-state index contributed by atoms with van der Waals surface area (Å²) < 4.78 is 49.8. The van der Waals surface area contributed by atoms with Gasteiger partial charge in [0.25, 0.3) is 11.6 Å². The first-order valence-electron chi connectivity index (χ1n) is 12.1. The monoisotopic (exact) mass is 633 g/mol. The number of carbonyl (C=O) groups excluding carboxylic acids is 3. The molecule has 0 radical (unpaired) electrons. The lowest BCUT2D eigenvalue weighted by atomic mass is 10.0. The summed E-state index contributed by atoms with van der Waals surface area (Å²) in [6, 6.07) is 11.6. The van der Waals surface area contributed by atoms with Crippen molar-refractivity contribution in [1.29, 1.82) is 0 Å². The summed E-state index contributed by atoms with van der Waals surface area (Å²) in [5.41, 5.74) is -0.230.